The molecule has 1 rings (SSSR count). The van der Waals surface area contributed by atoms with E-state index in [1.54, 1.807) is 0 Å². The molecular formula is C11H21N3S. The molecule has 0 aromatic carbocycles. The van der Waals surface area contributed by atoms with Crippen LogP contribution in [0.25, 0.3) is 0 Å². The fourth-order valence-electron chi connectivity index (χ4n) is 1.88. The third-order valence-electron chi connectivity index (χ3n) is 2.83. The molecule has 0 spiro atoms. The van der Waals surface area contributed by atoms with E-state index in [-0.39, 0.29) is 0 Å². The highest BCUT2D eigenvalue weighted by atomic mass is 32.1. The van der Waals surface area contributed by atoms with Crippen molar-refractivity contribution in [3.05, 3.63) is 11.1 Å². The lowest BCUT2D eigenvalue weighted by Crippen LogP contribution is -2.28. The first-order valence-electron chi connectivity index (χ1n) is 5.83. The highest BCUT2D eigenvalue weighted by molar-refractivity contribution is 7.03. The average molecular weight is 227 g/mol. The van der Waals surface area contributed by atoms with E-state index in [0.29, 0.717) is 12.0 Å². The second-order valence-electron chi connectivity index (χ2n) is 3.84. The van der Waals surface area contributed by atoms with E-state index in [0.717, 1.165) is 18.7 Å². The van der Waals surface area contributed by atoms with Crippen molar-refractivity contribution in [3.8, 4) is 0 Å². The van der Waals surface area contributed by atoms with E-state index in [4.69, 9.17) is 0 Å². The van der Waals surface area contributed by atoms with Crippen molar-refractivity contribution in [2.45, 2.75) is 46.1 Å². The average Bonchev–Trinajstić information content (AvgIpc) is 2.77. The molecule has 0 aliphatic rings. The number of nitrogens with zero attached hydrogens (tertiary/aromatic N) is 2. The molecule has 0 amide bonds. The highest BCUT2D eigenvalue weighted by Gasteiger charge is 2.21. The van der Waals surface area contributed by atoms with E-state index in [1.165, 1.54) is 24.4 Å². The van der Waals surface area contributed by atoms with Crippen molar-refractivity contribution in [1.29, 1.82) is 0 Å². The summed E-state index contributed by atoms with van der Waals surface area (Å²) in [7, 11) is 0. The first kappa shape index (κ1) is 12.6. The third-order valence-corrected chi connectivity index (χ3v) is 3.35. The van der Waals surface area contributed by atoms with Crippen LogP contribution in [0.3, 0.4) is 0 Å². The zero-order chi connectivity index (χ0) is 11.1. The van der Waals surface area contributed by atoms with Crippen LogP contribution in [0.2, 0.25) is 0 Å². The Morgan fingerprint density at radius 3 is 2.53 bits per heavy atom. The molecule has 86 valence electrons. The number of aromatic nitrogens is 2. The molecule has 3 nitrogen and oxygen atoms in total. The molecule has 15 heavy (non-hydrogen) atoms. The van der Waals surface area contributed by atoms with Crippen LogP contribution in [-0.4, -0.2) is 16.1 Å². The first-order valence-corrected chi connectivity index (χ1v) is 6.67. The van der Waals surface area contributed by atoms with Gasteiger partial charge in [-0.1, -0.05) is 38.1 Å². The van der Waals surface area contributed by atoms with Gasteiger partial charge in [0.25, 0.3) is 0 Å². The maximum absolute atomic E-state index is 4.19. The molecule has 0 radical (unpaired) electrons. The maximum atomic E-state index is 4.19. The molecule has 1 unspecified atom stereocenters. The molecule has 0 aliphatic carbocycles. The highest BCUT2D eigenvalue weighted by Crippen LogP contribution is 2.26. The van der Waals surface area contributed by atoms with Gasteiger partial charge in [0.1, 0.15) is 0 Å². The first-order chi connectivity index (χ1) is 7.33. The normalized spacial score (nSPS) is 13.3. The molecule has 1 aromatic heterocycles. The SMILES string of the molecule is CCCNC(c1csnn1)C(CC)CC. The molecule has 1 aromatic rings. The lowest BCUT2D eigenvalue weighted by atomic mass is 9.92. The van der Waals surface area contributed by atoms with Crippen LogP contribution in [0.15, 0.2) is 5.38 Å². The van der Waals surface area contributed by atoms with Crippen LogP contribution in [-0.2, 0) is 0 Å². The minimum absolute atomic E-state index is 0.388. The van der Waals surface area contributed by atoms with Crippen LogP contribution >= 0.6 is 11.5 Å². The van der Waals surface area contributed by atoms with Gasteiger partial charge in [-0.25, -0.2) is 0 Å². The molecule has 0 aliphatic heterocycles. The summed E-state index contributed by atoms with van der Waals surface area (Å²) in [6.07, 6.45) is 3.54. The van der Waals surface area contributed by atoms with E-state index >= 15 is 0 Å². The lowest BCUT2D eigenvalue weighted by molar-refractivity contribution is 0.335. The minimum atomic E-state index is 0.388. The Bertz CT molecular complexity index is 244. The van der Waals surface area contributed by atoms with Crippen molar-refractivity contribution < 1.29 is 0 Å². The van der Waals surface area contributed by atoms with E-state index in [1.807, 2.05) is 0 Å². The zero-order valence-corrected chi connectivity index (χ0v) is 10.7. The van der Waals surface area contributed by atoms with E-state index in [9.17, 15) is 0 Å². The minimum Gasteiger partial charge on any atom is -0.308 e. The van der Waals surface area contributed by atoms with E-state index in [2.05, 4.69) is 41.1 Å². The van der Waals surface area contributed by atoms with Gasteiger partial charge in [0, 0.05) is 5.38 Å². The van der Waals surface area contributed by atoms with Gasteiger partial charge >= 0.3 is 0 Å². The fraction of sp³-hybridized carbons (Fsp3) is 0.818. The van der Waals surface area contributed by atoms with Crippen LogP contribution in [0.5, 0.6) is 0 Å². The van der Waals surface area contributed by atoms with Gasteiger partial charge in [-0.05, 0) is 30.4 Å². The molecule has 0 fully saturated rings. The number of hydrogen-bond donors (Lipinski definition) is 1. The Morgan fingerprint density at radius 1 is 1.33 bits per heavy atom. The molecule has 4 heteroatoms. The van der Waals surface area contributed by atoms with Crippen molar-refractivity contribution in [3.63, 3.8) is 0 Å². The van der Waals surface area contributed by atoms with Gasteiger partial charge in [-0.2, -0.15) is 0 Å². The molecule has 0 saturated carbocycles. The zero-order valence-electron chi connectivity index (χ0n) is 9.86. The summed E-state index contributed by atoms with van der Waals surface area (Å²) in [5, 5.41) is 9.83. The van der Waals surface area contributed by atoms with Crippen LogP contribution in [0.4, 0.5) is 0 Å². The van der Waals surface area contributed by atoms with Gasteiger partial charge < -0.3 is 5.32 Å². The van der Waals surface area contributed by atoms with Gasteiger partial charge in [0.05, 0.1) is 11.7 Å². The summed E-state index contributed by atoms with van der Waals surface area (Å²) in [5.74, 6) is 0.667. The summed E-state index contributed by atoms with van der Waals surface area (Å²) in [6.45, 7) is 7.73. The quantitative estimate of drug-likeness (QED) is 0.778. The molecule has 0 bridgehead atoms. The van der Waals surface area contributed by atoms with Crippen LogP contribution in [0.1, 0.15) is 51.8 Å². The molecule has 1 heterocycles. The molecular weight excluding hydrogens is 206 g/mol. The second-order valence-corrected chi connectivity index (χ2v) is 4.45. The van der Waals surface area contributed by atoms with Gasteiger partial charge in [-0.3, -0.25) is 0 Å². The van der Waals surface area contributed by atoms with Gasteiger partial charge in [-0.15, -0.1) is 5.10 Å². The molecule has 0 saturated heterocycles. The largest absolute Gasteiger partial charge is 0.308 e. The molecule has 1 N–H and O–H groups in total. The number of hydrogen-bond acceptors (Lipinski definition) is 4. The predicted octanol–water partition coefficient (Wildman–Crippen LogP) is 3.02. The number of nitrogens with one attached hydrogen (secondary N) is 1. The van der Waals surface area contributed by atoms with Crippen molar-refractivity contribution in [1.82, 2.24) is 14.9 Å². The summed E-state index contributed by atoms with van der Waals surface area (Å²) < 4.78 is 3.95. The Morgan fingerprint density at radius 2 is 2.07 bits per heavy atom. The summed E-state index contributed by atoms with van der Waals surface area (Å²) in [5.41, 5.74) is 1.11. The Kier molecular flexibility index (Phi) is 5.79. The number of rotatable bonds is 7. The molecule has 1 atom stereocenters. The predicted molar refractivity (Wildman–Crippen MR) is 65.0 cm³/mol. The van der Waals surface area contributed by atoms with Gasteiger partial charge in [0.15, 0.2) is 0 Å². The van der Waals surface area contributed by atoms with Crippen molar-refractivity contribution in [2.75, 3.05) is 6.54 Å². The Hall–Kier alpha value is -0.480. The van der Waals surface area contributed by atoms with Crippen molar-refractivity contribution >= 4 is 11.5 Å². The topological polar surface area (TPSA) is 37.8 Å². The van der Waals surface area contributed by atoms with Crippen LogP contribution in [0, 0.1) is 5.92 Å². The summed E-state index contributed by atoms with van der Waals surface area (Å²) in [4.78, 5) is 0. The third kappa shape index (κ3) is 3.54. The van der Waals surface area contributed by atoms with Crippen molar-refractivity contribution in [2.24, 2.45) is 5.92 Å². The fourth-order valence-corrected chi connectivity index (χ4v) is 2.37. The van der Waals surface area contributed by atoms with Crippen LogP contribution < -0.4 is 5.32 Å². The maximum Gasteiger partial charge on any atom is 0.0927 e. The van der Waals surface area contributed by atoms with Gasteiger partial charge in [0.2, 0.25) is 0 Å². The Balaban J connectivity index is 2.68. The van der Waals surface area contributed by atoms with E-state index < -0.39 is 0 Å². The summed E-state index contributed by atoms with van der Waals surface area (Å²) in [6, 6.07) is 0.388. The second kappa shape index (κ2) is 6.90. The monoisotopic (exact) mass is 227 g/mol. The Labute approximate surface area is 96.5 Å². The summed E-state index contributed by atoms with van der Waals surface area (Å²) >= 11 is 1.44. The standard InChI is InChI=1S/C11H21N3S/c1-4-7-12-11(9(5-2)6-3)10-8-15-14-13-10/h8-9,11-12H,4-7H2,1-3H3. The smallest absolute Gasteiger partial charge is 0.0927 e. The lowest BCUT2D eigenvalue weighted by Gasteiger charge is -2.24.